The van der Waals surface area contributed by atoms with Crippen LogP contribution in [-0.2, 0) is 0 Å². The zero-order valence-corrected chi connectivity index (χ0v) is 9.77. The van der Waals surface area contributed by atoms with Crippen LogP contribution >= 0.6 is 0 Å². The minimum absolute atomic E-state index is 0.419. The molecule has 0 aliphatic rings. The van der Waals surface area contributed by atoms with E-state index in [1.54, 1.807) is 25.6 Å². The van der Waals surface area contributed by atoms with Crippen molar-refractivity contribution < 1.29 is 4.74 Å². The van der Waals surface area contributed by atoms with Gasteiger partial charge in [0.05, 0.1) is 12.8 Å². The van der Waals surface area contributed by atoms with E-state index in [-0.39, 0.29) is 0 Å². The van der Waals surface area contributed by atoms with E-state index >= 15 is 0 Å². The number of aryl methyl sites for hydroxylation is 1. The Morgan fingerprint density at radius 3 is 2.65 bits per heavy atom. The second-order valence-electron chi connectivity index (χ2n) is 3.67. The van der Waals surface area contributed by atoms with Crippen molar-refractivity contribution in [1.82, 2.24) is 9.97 Å². The van der Waals surface area contributed by atoms with Gasteiger partial charge in [-0.15, -0.1) is 0 Å². The van der Waals surface area contributed by atoms with E-state index in [2.05, 4.69) is 9.97 Å². The number of nitrogens with two attached hydrogens (primary N) is 2. The zero-order valence-electron chi connectivity index (χ0n) is 9.77. The molecule has 4 N–H and O–H groups in total. The lowest BCUT2D eigenvalue weighted by molar-refractivity contribution is 0.409. The molecule has 0 aliphatic heterocycles. The SMILES string of the molecule is COc1cc(-c2cnccc2N)c(N)nc1C. The van der Waals surface area contributed by atoms with Crippen LogP contribution in [0.3, 0.4) is 0 Å². The third-order valence-electron chi connectivity index (χ3n) is 2.56. The third-order valence-corrected chi connectivity index (χ3v) is 2.56. The number of ether oxygens (including phenoxy) is 1. The Labute approximate surface area is 99.5 Å². The normalized spacial score (nSPS) is 10.2. The van der Waals surface area contributed by atoms with Crippen molar-refractivity contribution in [2.45, 2.75) is 6.92 Å². The lowest BCUT2D eigenvalue weighted by atomic mass is 10.1. The fourth-order valence-corrected chi connectivity index (χ4v) is 1.66. The molecular formula is C12H14N4O. The van der Waals surface area contributed by atoms with Crippen molar-refractivity contribution in [2.24, 2.45) is 0 Å². The van der Waals surface area contributed by atoms with Crippen molar-refractivity contribution in [3.8, 4) is 16.9 Å². The number of pyridine rings is 2. The fourth-order valence-electron chi connectivity index (χ4n) is 1.66. The Hall–Kier alpha value is -2.30. The highest BCUT2D eigenvalue weighted by molar-refractivity contribution is 5.82. The van der Waals surface area contributed by atoms with Gasteiger partial charge in [0, 0.05) is 29.2 Å². The maximum atomic E-state index is 5.90. The lowest BCUT2D eigenvalue weighted by Gasteiger charge is -2.11. The number of aromatic nitrogens is 2. The highest BCUT2D eigenvalue weighted by atomic mass is 16.5. The predicted octanol–water partition coefficient (Wildman–Crippen LogP) is 1.63. The largest absolute Gasteiger partial charge is 0.495 e. The summed E-state index contributed by atoms with van der Waals surface area (Å²) in [5, 5.41) is 0. The van der Waals surface area contributed by atoms with Gasteiger partial charge in [-0.25, -0.2) is 4.98 Å². The van der Waals surface area contributed by atoms with Crippen molar-refractivity contribution in [2.75, 3.05) is 18.6 Å². The molecule has 5 nitrogen and oxygen atoms in total. The molecule has 0 radical (unpaired) electrons. The van der Waals surface area contributed by atoms with Crippen LogP contribution in [0.4, 0.5) is 11.5 Å². The molecule has 0 aromatic carbocycles. The summed E-state index contributed by atoms with van der Waals surface area (Å²) in [6.45, 7) is 1.84. The Balaban J connectivity index is 2.64. The standard InChI is InChI=1S/C12H14N4O/c1-7-11(17-2)5-8(12(14)16-7)9-6-15-4-3-10(9)13/h3-6H,1-2H3,(H2,13,15)(H2,14,16). The molecule has 0 bridgehead atoms. The second-order valence-corrected chi connectivity index (χ2v) is 3.67. The summed E-state index contributed by atoms with van der Waals surface area (Å²) in [6, 6.07) is 3.55. The van der Waals surface area contributed by atoms with Crippen LogP contribution in [0, 0.1) is 6.92 Å². The molecular weight excluding hydrogens is 216 g/mol. The Kier molecular flexibility index (Phi) is 2.82. The van der Waals surface area contributed by atoms with Crippen LogP contribution < -0.4 is 16.2 Å². The molecule has 0 atom stereocenters. The summed E-state index contributed by atoms with van der Waals surface area (Å²) in [6.07, 6.45) is 3.30. The molecule has 0 saturated heterocycles. The first-order valence-electron chi connectivity index (χ1n) is 5.14. The fraction of sp³-hybridized carbons (Fsp3) is 0.167. The summed E-state index contributed by atoms with van der Waals surface area (Å²) >= 11 is 0. The monoisotopic (exact) mass is 230 g/mol. The molecule has 2 heterocycles. The third kappa shape index (κ3) is 1.99. The quantitative estimate of drug-likeness (QED) is 0.818. The van der Waals surface area contributed by atoms with Crippen molar-refractivity contribution in [3.05, 3.63) is 30.2 Å². The molecule has 0 aliphatic carbocycles. The predicted molar refractivity (Wildman–Crippen MR) is 67.6 cm³/mol. The van der Waals surface area contributed by atoms with E-state index in [0.29, 0.717) is 17.3 Å². The van der Waals surface area contributed by atoms with Gasteiger partial charge in [-0.1, -0.05) is 0 Å². The topological polar surface area (TPSA) is 87.0 Å². The molecule has 88 valence electrons. The first-order chi connectivity index (χ1) is 8.13. The van der Waals surface area contributed by atoms with Crippen LogP contribution in [0.5, 0.6) is 5.75 Å². The van der Waals surface area contributed by atoms with Gasteiger partial charge in [0.25, 0.3) is 0 Å². The van der Waals surface area contributed by atoms with Gasteiger partial charge in [-0.3, -0.25) is 4.98 Å². The van der Waals surface area contributed by atoms with E-state index < -0.39 is 0 Å². The number of hydrogen-bond donors (Lipinski definition) is 2. The van der Waals surface area contributed by atoms with E-state index in [0.717, 1.165) is 16.8 Å². The van der Waals surface area contributed by atoms with Gasteiger partial charge in [0.1, 0.15) is 11.6 Å². The number of methoxy groups -OCH3 is 1. The van der Waals surface area contributed by atoms with E-state index in [1.807, 2.05) is 13.0 Å². The van der Waals surface area contributed by atoms with Crippen LogP contribution in [0.2, 0.25) is 0 Å². The van der Waals surface area contributed by atoms with Gasteiger partial charge in [0.2, 0.25) is 0 Å². The van der Waals surface area contributed by atoms with Crippen molar-refractivity contribution in [3.63, 3.8) is 0 Å². The summed E-state index contributed by atoms with van der Waals surface area (Å²) < 4.78 is 5.22. The minimum atomic E-state index is 0.419. The molecule has 2 aromatic heterocycles. The molecule has 2 rings (SSSR count). The average Bonchev–Trinajstić information content (AvgIpc) is 2.31. The molecule has 0 fully saturated rings. The van der Waals surface area contributed by atoms with Gasteiger partial charge in [-0.05, 0) is 19.1 Å². The highest BCUT2D eigenvalue weighted by Gasteiger charge is 2.11. The van der Waals surface area contributed by atoms with Gasteiger partial charge < -0.3 is 16.2 Å². The molecule has 0 spiro atoms. The number of rotatable bonds is 2. The van der Waals surface area contributed by atoms with E-state index in [1.165, 1.54) is 0 Å². The maximum Gasteiger partial charge on any atom is 0.140 e. The first-order valence-corrected chi connectivity index (χ1v) is 5.14. The Morgan fingerprint density at radius 2 is 2.00 bits per heavy atom. The molecule has 0 amide bonds. The molecule has 5 heteroatoms. The van der Waals surface area contributed by atoms with Crippen molar-refractivity contribution >= 4 is 11.5 Å². The van der Waals surface area contributed by atoms with Crippen molar-refractivity contribution in [1.29, 1.82) is 0 Å². The smallest absolute Gasteiger partial charge is 0.140 e. The minimum Gasteiger partial charge on any atom is -0.495 e. The van der Waals surface area contributed by atoms with Crippen LogP contribution in [0.15, 0.2) is 24.5 Å². The highest BCUT2D eigenvalue weighted by Crippen LogP contribution is 2.32. The van der Waals surface area contributed by atoms with E-state index in [9.17, 15) is 0 Å². The number of nitrogens with zero attached hydrogens (tertiary/aromatic N) is 2. The lowest BCUT2D eigenvalue weighted by Crippen LogP contribution is -2.01. The maximum absolute atomic E-state index is 5.90. The molecule has 17 heavy (non-hydrogen) atoms. The summed E-state index contributed by atoms with van der Waals surface area (Å²) in [5.41, 5.74) is 14.6. The molecule has 2 aromatic rings. The van der Waals surface area contributed by atoms with Crippen LogP contribution in [-0.4, -0.2) is 17.1 Å². The number of hydrogen-bond acceptors (Lipinski definition) is 5. The molecule has 0 unspecified atom stereocenters. The van der Waals surface area contributed by atoms with Crippen LogP contribution in [0.1, 0.15) is 5.69 Å². The van der Waals surface area contributed by atoms with Crippen LogP contribution in [0.25, 0.3) is 11.1 Å². The average molecular weight is 230 g/mol. The summed E-state index contributed by atoms with van der Waals surface area (Å²) in [5.74, 6) is 1.10. The summed E-state index contributed by atoms with van der Waals surface area (Å²) in [7, 11) is 1.59. The first kappa shape index (κ1) is 11.2. The Bertz CT molecular complexity index is 554. The number of nitrogen functional groups attached to an aromatic ring is 2. The Morgan fingerprint density at radius 1 is 1.24 bits per heavy atom. The number of anilines is 2. The summed E-state index contributed by atoms with van der Waals surface area (Å²) in [4.78, 5) is 8.27. The van der Waals surface area contributed by atoms with Gasteiger partial charge in [0.15, 0.2) is 0 Å². The zero-order chi connectivity index (χ0) is 12.4. The second kappa shape index (κ2) is 4.29. The van der Waals surface area contributed by atoms with E-state index in [4.69, 9.17) is 16.2 Å². The molecule has 0 saturated carbocycles. The van der Waals surface area contributed by atoms with Gasteiger partial charge in [-0.2, -0.15) is 0 Å². The van der Waals surface area contributed by atoms with Gasteiger partial charge >= 0.3 is 0 Å².